The van der Waals surface area contributed by atoms with E-state index in [4.69, 9.17) is 27.9 Å². The molecule has 1 N–H and O–H groups in total. The highest BCUT2D eigenvalue weighted by Gasteiger charge is 2.22. The number of methoxy groups -OCH3 is 1. The van der Waals surface area contributed by atoms with Crippen LogP contribution in [0.25, 0.3) is 16.9 Å². The number of amides is 2. The first-order chi connectivity index (χ1) is 17.5. The monoisotopic (exact) mass is 521 g/mol. The number of benzene rings is 3. The summed E-state index contributed by atoms with van der Waals surface area (Å²) >= 11 is 12.4. The minimum atomic E-state index is -0.202. The molecule has 0 bridgehead atoms. The van der Waals surface area contributed by atoms with Crippen LogP contribution in [0, 0.1) is 0 Å². The molecule has 0 spiro atoms. The van der Waals surface area contributed by atoms with Gasteiger partial charge in [-0.05, 0) is 54.6 Å². The first kappa shape index (κ1) is 24.0. The van der Waals surface area contributed by atoms with Crippen LogP contribution in [0.15, 0.2) is 79.0 Å². The first-order valence-corrected chi connectivity index (χ1v) is 12.3. The van der Waals surface area contributed by atoms with Crippen molar-refractivity contribution in [2.45, 2.75) is 0 Å². The third-order valence-electron chi connectivity index (χ3n) is 6.25. The fourth-order valence-corrected chi connectivity index (χ4v) is 4.76. The van der Waals surface area contributed by atoms with E-state index in [9.17, 15) is 4.79 Å². The quantitative estimate of drug-likeness (QED) is 0.339. The Morgan fingerprint density at radius 1 is 0.861 bits per heavy atom. The lowest BCUT2D eigenvalue weighted by Crippen LogP contribution is -2.50. The number of rotatable bonds is 5. The molecule has 2 amide bonds. The molecule has 0 atom stereocenters. The molecule has 0 unspecified atom stereocenters. The van der Waals surface area contributed by atoms with Crippen LogP contribution in [0.4, 0.5) is 16.2 Å². The third kappa shape index (κ3) is 4.98. The Balaban J connectivity index is 1.23. The van der Waals surface area contributed by atoms with Gasteiger partial charge in [0.25, 0.3) is 0 Å². The normalized spacial score (nSPS) is 13.5. The molecule has 0 radical (unpaired) electrons. The van der Waals surface area contributed by atoms with Gasteiger partial charge < -0.3 is 19.9 Å². The van der Waals surface area contributed by atoms with E-state index in [1.165, 1.54) is 0 Å². The van der Waals surface area contributed by atoms with Crippen LogP contribution < -0.4 is 15.0 Å². The standard InChI is InChI=1S/C27H25Cl2N5O2/c1-36-22-11-9-21(10-12-22)34-25(13-14-30-34)19-5-7-20(8-6-19)32-15-17-33(18-16-32)27(35)31-26-23(28)3-2-4-24(26)29/h2-14H,15-18H2,1H3,(H,31,35). The molecule has 9 heteroatoms. The van der Waals surface area contributed by atoms with Crippen LogP contribution in [0.2, 0.25) is 10.0 Å². The number of anilines is 2. The molecule has 1 saturated heterocycles. The van der Waals surface area contributed by atoms with E-state index in [0.29, 0.717) is 28.8 Å². The molecule has 3 aromatic carbocycles. The van der Waals surface area contributed by atoms with E-state index in [0.717, 1.165) is 41.5 Å². The Morgan fingerprint density at radius 3 is 2.14 bits per heavy atom. The molecule has 4 aromatic rings. The molecule has 184 valence electrons. The number of para-hydroxylation sites is 1. The van der Waals surface area contributed by atoms with E-state index in [1.807, 2.05) is 35.0 Å². The number of piperazine rings is 1. The van der Waals surface area contributed by atoms with Gasteiger partial charge >= 0.3 is 6.03 Å². The van der Waals surface area contributed by atoms with E-state index in [2.05, 4.69) is 39.6 Å². The number of hydrogen-bond acceptors (Lipinski definition) is 4. The molecular formula is C27H25Cl2N5O2. The van der Waals surface area contributed by atoms with Crippen LogP contribution in [-0.2, 0) is 0 Å². The maximum Gasteiger partial charge on any atom is 0.322 e. The maximum atomic E-state index is 12.7. The summed E-state index contributed by atoms with van der Waals surface area (Å²) in [5.74, 6) is 0.807. The van der Waals surface area contributed by atoms with Gasteiger partial charge in [-0.1, -0.05) is 41.4 Å². The van der Waals surface area contributed by atoms with Gasteiger partial charge in [-0.3, -0.25) is 0 Å². The van der Waals surface area contributed by atoms with Crippen molar-refractivity contribution in [2.75, 3.05) is 43.5 Å². The average Bonchev–Trinajstić information content (AvgIpc) is 3.41. The Labute approximate surface area is 219 Å². The molecule has 2 heterocycles. The number of hydrogen-bond donors (Lipinski definition) is 1. The maximum absolute atomic E-state index is 12.7. The summed E-state index contributed by atoms with van der Waals surface area (Å²) in [6.45, 7) is 2.65. The Hall–Kier alpha value is -3.68. The molecule has 0 aliphatic carbocycles. The highest BCUT2D eigenvalue weighted by atomic mass is 35.5. The molecule has 36 heavy (non-hydrogen) atoms. The van der Waals surface area contributed by atoms with Crippen LogP contribution in [0.3, 0.4) is 0 Å². The highest BCUT2D eigenvalue weighted by molar-refractivity contribution is 6.39. The molecule has 1 aliphatic heterocycles. The zero-order chi connectivity index (χ0) is 25.1. The van der Waals surface area contributed by atoms with E-state index in [1.54, 1.807) is 36.4 Å². The van der Waals surface area contributed by atoms with Crippen LogP contribution in [-0.4, -0.2) is 54.0 Å². The number of carbonyl (C=O) groups excluding carboxylic acids is 1. The van der Waals surface area contributed by atoms with Gasteiger partial charge in [0.1, 0.15) is 5.75 Å². The fraction of sp³-hybridized carbons (Fsp3) is 0.185. The van der Waals surface area contributed by atoms with Crippen molar-refractivity contribution in [3.8, 4) is 22.7 Å². The number of aromatic nitrogens is 2. The summed E-state index contributed by atoms with van der Waals surface area (Å²) in [4.78, 5) is 16.8. The highest BCUT2D eigenvalue weighted by Crippen LogP contribution is 2.30. The van der Waals surface area contributed by atoms with Crippen molar-refractivity contribution in [3.05, 3.63) is 89.0 Å². The second-order valence-corrected chi connectivity index (χ2v) is 9.19. The van der Waals surface area contributed by atoms with E-state index in [-0.39, 0.29) is 6.03 Å². The second-order valence-electron chi connectivity index (χ2n) is 8.37. The van der Waals surface area contributed by atoms with E-state index < -0.39 is 0 Å². The SMILES string of the molecule is COc1ccc(-n2nccc2-c2ccc(N3CCN(C(=O)Nc4c(Cl)cccc4Cl)CC3)cc2)cc1. The lowest BCUT2D eigenvalue weighted by atomic mass is 10.1. The van der Waals surface area contributed by atoms with Crippen LogP contribution in [0.1, 0.15) is 0 Å². The largest absolute Gasteiger partial charge is 0.497 e. The minimum absolute atomic E-state index is 0.202. The third-order valence-corrected chi connectivity index (χ3v) is 6.88. The number of urea groups is 1. The van der Waals surface area contributed by atoms with Crippen molar-refractivity contribution in [3.63, 3.8) is 0 Å². The first-order valence-electron chi connectivity index (χ1n) is 11.6. The van der Waals surface area contributed by atoms with Gasteiger partial charge in [0.15, 0.2) is 0 Å². The summed E-state index contributed by atoms with van der Waals surface area (Å²) in [6, 6.07) is 23.2. The fourth-order valence-electron chi connectivity index (χ4n) is 4.27. The zero-order valence-electron chi connectivity index (χ0n) is 19.7. The summed E-state index contributed by atoms with van der Waals surface area (Å²) in [7, 11) is 1.65. The topological polar surface area (TPSA) is 62.6 Å². The Bertz CT molecular complexity index is 1330. The predicted octanol–water partition coefficient (Wildman–Crippen LogP) is 6.21. The number of nitrogens with one attached hydrogen (secondary N) is 1. The summed E-state index contributed by atoms with van der Waals surface area (Å²) in [5.41, 5.74) is 4.60. The van der Waals surface area contributed by atoms with Gasteiger partial charge in [-0.15, -0.1) is 0 Å². The van der Waals surface area contributed by atoms with Gasteiger partial charge in [-0.25, -0.2) is 9.48 Å². The van der Waals surface area contributed by atoms with Gasteiger partial charge in [-0.2, -0.15) is 5.10 Å². The summed E-state index contributed by atoms with van der Waals surface area (Å²) in [5, 5.41) is 8.18. The van der Waals surface area contributed by atoms with Crippen molar-refractivity contribution >= 4 is 40.6 Å². The number of ether oxygens (including phenoxy) is 1. The summed E-state index contributed by atoms with van der Waals surface area (Å²) in [6.07, 6.45) is 1.80. The number of halogens is 2. The summed E-state index contributed by atoms with van der Waals surface area (Å²) < 4.78 is 7.17. The number of carbonyl (C=O) groups is 1. The zero-order valence-corrected chi connectivity index (χ0v) is 21.2. The minimum Gasteiger partial charge on any atom is -0.497 e. The molecule has 1 fully saturated rings. The van der Waals surface area contributed by atoms with Gasteiger partial charge in [0.2, 0.25) is 0 Å². The average molecular weight is 522 g/mol. The van der Waals surface area contributed by atoms with Gasteiger partial charge in [0.05, 0.1) is 40.4 Å². The van der Waals surface area contributed by atoms with Crippen molar-refractivity contribution in [2.24, 2.45) is 0 Å². The van der Waals surface area contributed by atoms with Crippen molar-refractivity contribution in [1.29, 1.82) is 0 Å². The Morgan fingerprint density at radius 2 is 1.50 bits per heavy atom. The van der Waals surface area contributed by atoms with Crippen molar-refractivity contribution in [1.82, 2.24) is 14.7 Å². The van der Waals surface area contributed by atoms with Crippen LogP contribution in [0.5, 0.6) is 5.75 Å². The molecule has 5 rings (SSSR count). The smallest absolute Gasteiger partial charge is 0.322 e. The molecule has 1 aliphatic rings. The Kier molecular flexibility index (Phi) is 7.02. The second kappa shape index (κ2) is 10.5. The lowest BCUT2D eigenvalue weighted by molar-refractivity contribution is 0.208. The molecule has 7 nitrogen and oxygen atoms in total. The lowest BCUT2D eigenvalue weighted by Gasteiger charge is -2.36. The predicted molar refractivity (Wildman–Crippen MR) is 145 cm³/mol. The molecule has 0 saturated carbocycles. The molecular weight excluding hydrogens is 497 g/mol. The van der Waals surface area contributed by atoms with E-state index >= 15 is 0 Å². The number of nitrogens with zero attached hydrogens (tertiary/aromatic N) is 4. The molecule has 1 aromatic heterocycles. The van der Waals surface area contributed by atoms with Gasteiger partial charge in [0, 0.05) is 37.4 Å². The van der Waals surface area contributed by atoms with Crippen LogP contribution >= 0.6 is 23.2 Å². The van der Waals surface area contributed by atoms with Crippen molar-refractivity contribution < 1.29 is 9.53 Å².